The van der Waals surface area contributed by atoms with Crippen LogP contribution >= 0.6 is 0 Å². The fourth-order valence-corrected chi connectivity index (χ4v) is 0.841. The van der Waals surface area contributed by atoms with Gasteiger partial charge in [0.2, 0.25) is 0 Å². The van der Waals surface area contributed by atoms with Gasteiger partial charge in [0.05, 0.1) is 6.42 Å². The molecule has 0 amide bonds. The standard InChI is InChI=1S/C8H8O3.Ac/c9-7-3-1-2-6(4-7)5-8(10)11;/h1-4,9H,5H2,(H,10,11);. The summed E-state index contributed by atoms with van der Waals surface area (Å²) in [6.45, 7) is 0. The third kappa shape index (κ3) is 4.08. The molecule has 2 N–H and O–H groups in total. The first-order valence-electron chi connectivity index (χ1n) is 3.18. The first-order valence-corrected chi connectivity index (χ1v) is 3.18. The number of hydrogen-bond acceptors (Lipinski definition) is 2. The fourth-order valence-electron chi connectivity index (χ4n) is 0.841. The zero-order valence-electron chi connectivity index (χ0n) is 6.40. The topological polar surface area (TPSA) is 57.5 Å². The number of phenolic OH excluding ortho intramolecular Hbond substituents is 1. The van der Waals surface area contributed by atoms with Crippen molar-refractivity contribution in [3.63, 3.8) is 0 Å². The van der Waals surface area contributed by atoms with Crippen molar-refractivity contribution in [1.29, 1.82) is 0 Å². The van der Waals surface area contributed by atoms with E-state index in [2.05, 4.69) is 0 Å². The third-order valence-corrected chi connectivity index (χ3v) is 1.27. The van der Waals surface area contributed by atoms with E-state index in [9.17, 15) is 4.79 Å². The van der Waals surface area contributed by atoms with Crippen LogP contribution in [0.15, 0.2) is 24.3 Å². The minimum atomic E-state index is -0.893. The summed E-state index contributed by atoms with van der Waals surface area (Å²) >= 11 is 0. The van der Waals surface area contributed by atoms with Gasteiger partial charge in [-0.05, 0) is 17.7 Å². The molecule has 1 radical (unpaired) electrons. The van der Waals surface area contributed by atoms with E-state index in [4.69, 9.17) is 10.2 Å². The largest absolute Gasteiger partial charge is 0.508 e. The van der Waals surface area contributed by atoms with Crippen LogP contribution in [0, 0.1) is 44.1 Å². The van der Waals surface area contributed by atoms with E-state index in [1.807, 2.05) is 0 Å². The van der Waals surface area contributed by atoms with Gasteiger partial charge in [-0.2, -0.15) is 0 Å². The van der Waals surface area contributed by atoms with Gasteiger partial charge in [-0.25, -0.2) is 0 Å². The Morgan fingerprint density at radius 2 is 2.08 bits per heavy atom. The first kappa shape index (κ1) is 11.9. The number of carboxylic acids is 1. The third-order valence-electron chi connectivity index (χ3n) is 1.27. The predicted octanol–water partition coefficient (Wildman–Crippen LogP) is 1.02. The monoisotopic (exact) mass is 379 g/mol. The van der Waals surface area contributed by atoms with Crippen LogP contribution in [0.1, 0.15) is 5.56 Å². The molecule has 1 rings (SSSR count). The van der Waals surface area contributed by atoms with Crippen molar-refractivity contribution < 1.29 is 59.1 Å². The Morgan fingerprint density at radius 3 is 2.58 bits per heavy atom. The maximum atomic E-state index is 10.2. The summed E-state index contributed by atoms with van der Waals surface area (Å²) in [5, 5.41) is 17.3. The van der Waals surface area contributed by atoms with Gasteiger partial charge in [0.1, 0.15) is 5.75 Å². The Bertz CT molecular complexity index is 273. The molecule has 3 nitrogen and oxygen atoms in total. The van der Waals surface area contributed by atoms with Gasteiger partial charge >= 0.3 is 5.97 Å². The fraction of sp³-hybridized carbons (Fsp3) is 0.125. The molecule has 0 atom stereocenters. The van der Waals surface area contributed by atoms with Gasteiger partial charge in [-0.3, -0.25) is 4.79 Å². The van der Waals surface area contributed by atoms with Gasteiger partial charge in [0, 0.05) is 44.1 Å². The summed E-state index contributed by atoms with van der Waals surface area (Å²) in [4.78, 5) is 10.2. The van der Waals surface area contributed by atoms with E-state index in [0.29, 0.717) is 5.56 Å². The van der Waals surface area contributed by atoms with Crippen molar-refractivity contribution in [3.05, 3.63) is 29.8 Å². The minimum Gasteiger partial charge on any atom is -0.508 e. The number of rotatable bonds is 2. The molecular formula is C8H8AcO3. The Kier molecular flexibility index (Phi) is 5.52. The zero-order chi connectivity index (χ0) is 8.27. The molecule has 0 aliphatic heterocycles. The molecule has 0 spiro atoms. The van der Waals surface area contributed by atoms with Crippen LogP contribution in [-0.2, 0) is 11.2 Å². The van der Waals surface area contributed by atoms with E-state index in [1.165, 1.54) is 12.1 Å². The number of carbonyl (C=O) groups is 1. The minimum absolute atomic E-state index is 0. The van der Waals surface area contributed by atoms with Crippen molar-refractivity contribution in [2.45, 2.75) is 6.42 Å². The van der Waals surface area contributed by atoms with Crippen LogP contribution in [0.5, 0.6) is 5.75 Å². The maximum Gasteiger partial charge on any atom is 0.307 e. The van der Waals surface area contributed by atoms with Crippen LogP contribution in [-0.4, -0.2) is 16.2 Å². The summed E-state index contributed by atoms with van der Waals surface area (Å²) < 4.78 is 0. The molecule has 61 valence electrons. The van der Waals surface area contributed by atoms with Crippen LogP contribution < -0.4 is 0 Å². The molecule has 0 bridgehead atoms. The SMILES string of the molecule is O=C(O)Cc1cccc(O)c1.[Ac]. The van der Waals surface area contributed by atoms with Crippen LogP contribution in [0.3, 0.4) is 0 Å². The van der Waals surface area contributed by atoms with Gasteiger partial charge in [0.25, 0.3) is 0 Å². The van der Waals surface area contributed by atoms with Crippen molar-refractivity contribution in [3.8, 4) is 5.75 Å². The number of aliphatic carboxylic acids is 1. The normalized spacial score (nSPS) is 8.67. The quantitative estimate of drug-likeness (QED) is 0.807. The Balaban J connectivity index is 0.00000121. The molecule has 0 saturated carbocycles. The molecule has 0 fully saturated rings. The van der Waals surface area contributed by atoms with E-state index < -0.39 is 5.97 Å². The Labute approximate surface area is 106 Å². The Hall–Kier alpha value is -0.0684. The number of aromatic hydroxyl groups is 1. The molecule has 0 heterocycles. The molecule has 0 aromatic heterocycles. The second-order valence-corrected chi connectivity index (χ2v) is 2.24. The van der Waals surface area contributed by atoms with Gasteiger partial charge in [-0.1, -0.05) is 12.1 Å². The molecule has 4 heteroatoms. The van der Waals surface area contributed by atoms with E-state index >= 15 is 0 Å². The van der Waals surface area contributed by atoms with Gasteiger partial charge < -0.3 is 10.2 Å². The second-order valence-electron chi connectivity index (χ2n) is 2.24. The predicted molar refractivity (Wildman–Crippen MR) is 39.4 cm³/mol. The second kappa shape index (κ2) is 5.56. The average Bonchev–Trinajstić information content (AvgIpc) is 1.85. The van der Waals surface area contributed by atoms with Crippen molar-refractivity contribution in [2.24, 2.45) is 0 Å². The smallest absolute Gasteiger partial charge is 0.307 e. The summed E-state index contributed by atoms with van der Waals surface area (Å²) in [6, 6.07) is 6.22. The van der Waals surface area contributed by atoms with Crippen LogP contribution in [0.4, 0.5) is 0 Å². The summed E-state index contributed by atoms with van der Waals surface area (Å²) in [5.74, 6) is -0.792. The van der Waals surface area contributed by atoms with Crippen LogP contribution in [0.25, 0.3) is 0 Å². The molecule has 0 aliphatic rings. The molecule has 1 aromatic carbocycles. The van der Waals surface area contributed by atoms with E-state index in [-0.39, 0.29) is 56.2 Å². The van der Waals surface area contributed by atoms with Crippen molar-refractivity contribution in [1.82, 2.24) is 0 Å². The van der Waals surface area contributed by atoms with Crippen molar-refractivity contribution in [2.75, 3.05) is 0 Å². The Morgan fingerprint density at radius 1 is 1.42 bits per heavy atom. The average molecular weight is 379 g/mol. The molecule has 0 saturated heterocycles. The molecular weight excluding hydrogens is 371 g/mol. The molecule has 1 aromatic rings. The van der Waals surface area contributed by atoms with Gasteiger partial charge in [0.15, 0.2) is 0 Å². The summed E-state index contributed by atoms with van der Waals surface area (Å²) in [5.41, 5.74) is 0.609. The number of benzene rings is 1. The first-order chi connectivity index (χ1) is 5.18. The zero-order valence-corrected chi connectivity index (χ0v) is 11.1. The maximum absolute atomic E-state index is 10.2. The molecule has 12 heavy (non-hydrogen) atoms. The van der Waals surface area contributed by atoms with Crippen LogP contribution in [0.2, 0.25) is 0 Å². The van der Waals surface area contributed by atoms with Gasteiger partial charge in [-0.15, -0.1) is 0 Å². The number of phenols is 1. The summed E-state index contributed by atoms with van der Waals surface area (Å²) in [7, 11) is 0. The number of carboxylic acid groups (broad SMARTS) is 1. The summed E-state index contributed by atoms with van der Waals surface area (Å²) in [6.07, 6.45) is -0.0472. The molecule has 0 aliphatic carbocycles. The van der Waals surface area contributed by atoms with Crippen molar-refractivity contribution >= 4 is 5.97 Å². The number of hydrogen-bond donors (Lipinski definition) is 2. The van der Waals surface area contributed by atoms with E-state index in [1.54, 1.807) is 12.1 Å². The van der Waals surface area contributed by atoms with E-state index in [0.717, 1.165) is 0 Å². The molecule has 0 unspecified atom stereocenters.